The third-order valence-corrected chi connectivity index (χ3v) is 3.66. The van der Waals surface area contributed by atoms with Crippen molar-refractivity contribution in [1.29, 1.82) is 0 Å². The third kappa shape index (κ3) is 1.49. The number of hydrogen-bond donors (Lipinski definition) is 1. The number of hydrogen-bond acceptors (Lipinski definition) is 6. The van der Waals surface area contributed by atoms with Crippen LogP contribution in [0.15, 0.2) is 16.8 Å². The van der Waals surface area contributed by atoms with Gasteiger partial charge in [-0.3, -0.25) is 0 Å². The van der Waals surface area contributed by atoms with Gasteiger partial charge < -0.3 is 10.3 Å². The van der Waals surface area contributed by atoms with Gasteiger partial charge in [-0.15, -0.1) is 11.3 Å². The number of anilines is 1. The molecule has 6 heteroatoms. The molecule has 0 aliphatic rings. The smallest absolute Gasteiger partial charge is 0.201 e. The largest absolute Gasteiger partial charge is 0.395 e. The topological polar surface area (TPSA) is 77.8 Å². The Hall–Kier alpha value is -1.95. The van der Waals surface area contributed by atoms with E-state index < -0.39 is 0 Å². The van der Waals surface area contributed by atoms with Crippen molar-refractivity contribution < 1.29 is 4.52 Å². The van der Waals surface area contributed by atoms with Crippen LogP contribution in [0.1, 0.15) is 10.7 Å². The van der Waals surface area contributed by atoms with E-state index in [1.54, 1.807) is 17.5 Å². The second kappa shape index (κ2) is 3.53. The van der Waals surface area contributed by atoms with Crippen LogP contribution >= 0.6 is 11.3 Å². The molecule has 0 saturated heterocycles. The Morgan fingerprint density at radius 2 is 2.18 bits per heavy atom. The standard InChI is InChI=1S/C11H10N4OS/c1-5-8(12)10-11(17-5)9(15-16-10)7-3-4-13-6(2)14-7/h3-4H,12H2,1-2H3. The summed E-state index contributed by atoms with van der Waals surface area (Å²) in [6.45, 7) is 3.80. The maximum absolute atomic E-state index is 5.90. The molecule has 0 unspecified atom stereocenters. The van der Waals surface area contributed by atoms with Gasteiger partial charge in [-0.25, -0.2) is 9.97 Å². The summed E-state index contributed by atoms with van der Waals surface area (Å²) >= 11 is 1.57. The van der Waals surface area contributed by atoms with Crippen LogP contribution in [0.25, 0.3) is 21.7 Å². The number of fused-ring (bicyclic) bond motifs is 1. The summed E-state index contributed by atoms with van der Waals surface area (Å²) in [6.07, 6.45) is 1.71. The van der Waals surface area contributed by atoms with E-state index in [4.69, 9.17) is 10.3 Å². The molecule has 0 spiro atoms. The first kappa shape index (κ1) is 10.2. The fraction of sp³-hybridized carbons (Fsp3) is 0.182. The lowest BCUT2D eigenvalue weighted by molar-refractivity contribution is 0.460. The Balaban J connectivity index is 2.27. The normalized spacial score (nSPS) is 11.2. The van der Waals surface area contributed by atoms with Gasteiger partial charge >= 0.3 is 0 Å². The maximum atomic E-state index is 5.90. The lowest BCUT2D eigenvalue weighted by Gasteiger charge is -1.95. The molecule has 3 rings (SSSR count). The van der Waals surface area contributed by atoms with Crippen molar-refractivity contribution in [3.8, 4) is 11.4 Å². The fourth-order valence-electron chi connectivity index (χ4n) is 1.67. The summed E-state index contributed by atoms with van der Waals surface area (Å²) in [4.78, 5) is 9.43. The molecule has 0 bridgehead atoms. The van der Waals surface area contributed by atoms with Crippen LogP contribution in [0.4, 0.5) is 5.69 Å². The zero-order valence-corrected chi connectivity index (χ0v) is 10.2. The molecule has 0 aliphatic carbocycles. The molecule has 3 aromatic rings. The highest BCUT2D eigenvalue weighted by Crippen LogP contribution is 2.38. The van der Waals surface area contributed by atoms with Crippen LogP contribution in [0.5, 0.6) is 0 Å². The number of thiophene rings is 1. The highest BCUT2D eigenvalue weighted by Gasteiger charge is 2.18. The minimum absolute atomic E-state index is 0.652. The Morgan fingerprint density at radius 3 is 2.94 bits per heavy atom. The Labute approximate surface area is 101 Å². The average molecular weight is 246 g/mol. The van der Waals surface area contributed by atoms with Gasteiger partial charge in [0, 0.05) is 11.1 Å². The van der Waals surface area contributed by atoms with E-state index in [1.807, 2.05) is 19.9 Å². The maximum Gasteiger partial charge on any atom is 0.201 e. The molecular weight excluding hydrogens is 236 g/mol. The van der Waals surface area contributed by atoms with E-state index in [0.717, 1.165) is 21.0 Å². The average Bonchev–Trinajstić information content (AvgIpc) is 2.82. The first-order valence-corrected chi connectivity index (χ1v) is 5.92. The minimum Gasteiger partial charge on any atom is -0.395 e. The van der Waals surface area contributed by atoms with Gasteiger partial charge in [0.05, 0.1) is 11.4 Å². The lowest BCUT2D eigenvalue weighted by atomic mass is 10.2. The third-order valence-electron chi connectivity index (χ3n) is 2.55. The summed E-state index contributed by atoms with van der Waals surface area (Å²) < 4.78 is 6.21. The first-order valence-electron chi connectivity index (χ1n) is 5.11. The van der Waals surface area contributed by atoms with Gasteiger partial charge in [0.15, 0.2) is 0 Å². The van der Waals surface area contributed by atoms with Gasteiger partial charge in [0.25, 0.3) is 0 Å². The summed E-state index contributed by atoms with van der Waals surface area (Å²) in [6, 6.07) is 1.82. The molecule has 0 radical (unpaired) electrons. The fourth-order valence-corrected chi connectivity index (χ4v) is 2.65. The molecule has 0 aliphatic heterocycles. The van der Waals surface area contributed by atoms with Crippen LogP contribution in [0.2, 0.25) is 0 Å². The number of aromatic nitrogens is 3. The second-order valence-corrected chi connectivity index (χ2v) is 4.98. The molecule has 0 aromatic carbocycles. The molecule has 86 valence electrons. The number of rotatable bonds is 1. The number of nitrogens with zero attached hydrogens (tertiary/aromatic N) is 3. The summed E-state index contributed by atoms with van der Waals surface area (Å²) in [5.74, 6) is 0.708. The highest BCUT2D eigenvalue weighted by molar-refractivity contribution is 7.20. The first-order chi connectivity index (χ1) is 8.16. The van der Waals surface area contributed by atoms with Crippen molar-refractivity contribution in [3.63, 3.8) is 0 Å². The van der Waals surface area contributed by atoms with Gasteiger partial charge in [0.1, 0.15) is 16.2 Å². The zero-order valence-electron chi connectivity index (χ0n) is 9.39. The quantitative estimate of drug-likeness (QED) is 0.713. The SMILES string of the molecule is Cc1nccc(-c2noc3c(N)c(C)sc23)n1. The van der Waals surface area contributed by atoms with Crippen molar-refractivity contribution in [2.45, 2.75) is 13.8 Å². The van der Waals surface area contributed by atoms with Crippen molar-refractivity contribution in [3.05, 3.63) is 23.0 Å². The lowest BCUT2D eigenvalue weighted by Crippen LogP contribution is -1.89. The van der Waals surface area contributed by atoms with Crippen LogP contribution in [-0.4, -0.2) is 15.1 Å². The molecule has 5 nitrogen and oxygen atoms in total. The Kier molecular flexibility index (Phi) is 2.12. The number of aryl methyl sites for hydroxylation is 2. The Morgan fingerprint density at radius 1 is 1.35 bits per heavy atom. The molecule has 0 amide bonds. The van der Waals surface area contributed by atoms with Gasteiger partial charge in [-0.2, -0.15) is 0 Å². The molecule has 3 heterocycles. The molecule has 17 heavy (non-hydrogen) atoms. The van der Waals surface area contributed by atoms with Crippen LogP contribution in [0.3, 0.4) is 0 Å². The summed E-state index contributed by atoms with van der Waals surface area (Å²) in [5.41, 5.74) is 8.71. The van der Waals surface area contributed by atoms with Crippen LogP contribution in [-0.2, 0) is 0 Å². The predicted molar refractivity (Wildman–Crippen MR) is 66.8 cm³/mol. The highest BCUT2D eigenvalue weighted by atomic mass is 32.1. The molecular formula is C11H10N4OS. The second-order valence-electron chi connectivity index (χ2n) is 3.75. The van der Waals surface area contributed by atoms with E-state index in [9.17, 15) is 0 Å². The number of nitrogens with two attached hydrogens (primary N) is 1. The summed E-state index contributed by atoms with van der Waals surface area (Å²) in [5, 5.41) is 4.03. The van der Waals surface area contributed by atoms with Gasteiger partial charge in [-0.05, 0) is 19.9 Å². The van der Waals surface area contributed by atoms with E-state index in [0.29, 0.717) is 17.1 Å². The van der Waals surface area contributed by atoms with Crippen molar-refractivity contribution >= 4 is 27.3 Å². The van der Waals surface area contributed by atoms with E-state index in [1.165, 1.54) is 0 Å². The molecule has 3 aromatic heterocycles. The molecule has 0 atom stereocenters. The van der Waals surface area contributed by atoms with Crippen molar-refractivity contribution in [2.75, 3.05) is 5.73 Å². The van der Waals surface area contributed by atoms with Gasteiger partial charge in [-0.1, -0.05) is 5.16 Å². The minimum atomic E-state index is 0.652. The van der Waals surface area contributed by atoms with Crippen LogP contribution < -0.4 is 5.73 Å². The monoisotopic (exact) mass is 246 g/mol. The molecule has 0 fully saturated rings. The molecule has 2 N–H and O–H groups in total. The van der Waals surface area contributed by atoms with Gasteiger partial charge in [0.2, 0.25) is 5.58 Å². The zero-order chi connectivity index (χ0) is 12.0. The number of nitrogen functional groups attached to an aromatic ring is 1. The van der Waals surface area contributed by atoms with E-state index in [-0.39, 0.29) is 0 Å². The van der Waals surface area contributed by atoms with Crippen LogP contribution in [0, 0.1) is 13.8 Å². The Bertz CT molecular complexity index is 701. The predicted octanol–water partition coefficient (Wildman–Crippen LogP) is 2.55. The van der Waals surface area contributed by atoms with Crippen molar-refractivity contribution in [1.82, 2.24) is 15.1 Å². The summed E-state index contributed by atoms with van der Waals surface area (Å²) in [7, 11) is 0. The van der Waals surface area contributed by atoms with Crippen molar-refractivity contribution in [2.24, 2.45) is 0 Å². The van der Waals surface area contributed by atoms with E-state index in [2.05, 4.69) is 15.1 Å². The van der Waals surface area contributed by atoms with E-state index >= 15 is 0 Å². The molecule has 0 saturated carbocycles.